The minimum Gasteiger partial charge on any atom is -0.394 e. The summed E-state index contributed by atoms with van der Waals surface area (Å²) in [5, 5.41) is 0. The van der Waals surface area contributed by atoms with Gasteiger partial charge >= 0.3 is 0 Å². The molecule has 1 aromatic heterocycles. The van der Waals surface area contributed by atoms with Crippen LogP contribution in [0.3, 0.4) is 0 Å². The fourth-order valence-corrected chi connectivity index (χ4v) is 2.31. The molecule has 0 saturated heterocycles. The van der Waals surface area contributed by atoms with Gasteiger partial charge < -0.3 is 11.5 Å². The Bertz CT molecular complexity index is 717. The van der Waals surface area contributed by atoms with Gasteiger partial charge in [-0.2, -0.15) is 0 Å². The Kier molecular flexibility index (Phi) is 4.69. The van der Waals surface area contributed by atoms with Gasteiger partial charge in [0.15, 0.2) is 11.6 Å². The number of nitrogens with two attached hydrogens (primary N) is 2. The molecule has 1 aromatic carbocycles. The van der Waals surface area contributed by atoms with E-state index in [1.807, 2.05) is 0 Å². The van der Waals surface area contributed by atoms with Crippen molar-refractivity contribution in [2.45, 2.75) is 3.79 Å². The van der Waals surface area contributed by atoms with Gasteiger partial charge in [-0.05, 0) is 6.07 Å². The average Bonchev–Trinajstić information content (AvgIpc) is 2.40. The Morgan fingerprint density at radius 3 is 2.43 bits per heavy atom. The highest BCUT2D eigenvalue weighted by Gasteiger charge is 2.29. The lowest BCUT2D eigenvalue weighted by molar-refractivity contribution is -0.197. The molecule has 2 rings (SSSR count). The monoisotopic (exact) mass is 379 g/mol. The van der Waals surface area contributed by atoms with Crippen molar-refractivity contribution in [1.82, 2.24) is 9.97 Å². The van der Waals surface area contributed by atoms with Gasteiger partial charge in [0.1, 0.15) is 0 Å². The van der Waals surface area contributed by atoms with E-state index in [1.165, 1.54) is 6.20 Å². The number of alkyl halides is 3. The smallest absolute Gasteiger partial charge is 0.216 e. The van der Waals surface area contributed by atoms with E-state index in [0.717, 1.165) is 3.35 Å². The van der Waals surface area contributed by atoms with Crippen molar-refractivity contribution < 1.29 is 3.35 Å². The molecular weight excluding hydrogens is 373 g/mol. The first-order chi connectivity index (χ1) is 9.70. The zero-order chi connectivity index (χ0) is 15.8. The van der Waals surface area contributed by atoms with Crippen LogP contribution in [-0.4, -0.2) is 13.3 Å². The molecule has 5 nitrogen and oxygen atoms in total. The molecule has 2 aromatic rings. The number of anilines is 2. The summed E-state index contributed by atoms with van der Waals surface area (Å²) in [5.74, 6) is 0.433. The van der Waals surface area contributed by atoms with Gasteiger partial charge in [0.2, 0.25) is 9.48 Å². The van der Waals surface area contributed by atoms with Crippen LogP contribution in [0.15, 0.2) is 24.4 Å². The molecule has 110 valence electrons. The molecular formula is C11H8Cl3N5S2. The van der Waals surface area contributed by atoms with Crippen molar-refractivity contribution in [3.8, 4) is 11.4 Å². The molecule has 0 atom stereocenters. The van der Waals surface area contributed by atoms with Crippen molar-refractivity contribution >= 4 is 77.2 Å². The maximum absolute atomic E-state index is 5.99. The first kappa shape index (κ1) is 16.4. The van der Waals surface area contributed by atoms with Crippen LogP contribution in [0.25, 0.3) is 11.4 Å². The fourth-order valence-electron chi connectivity index (χ4n) is 1.61. The Labute approximate surface area is 146 Å². The number of aromatic nitrogens is 2. The number of rotatable bonds is 2. The number of hydrogen-bond donors (Lipinski definition) is 2. The lowest BCUT2D eigenvalue weighted by Crippen LogP contribution is -2.07. The molecule has 0 saturated carbocycles. The Hall–Kier alpha value is -0.990. The molecule has 0 aliphatic rings. The molecule has 0 aliphatic heterocycles. The molecule has 0 radical (unpaired) electrons. The van der Waals surface area contributed by atoms with Crippen LogP contribution in [-0.2, 0) is 29.0 Å². The van der Waals surface area contributed by atoms with Crippen LogP contribution in [0.1, 0.15) is 5.56 Å². The minimum atomic E-state index is -1.70. The van der Waals surface area contributed by atoms with E-state index in [2.05, 4.69) is 9.97 Å². The second-order valence-corrected chi connectivity index (χ2v) is 7.26. The average molecular weight is 381 g/mol. The minimum absolute atomic E-state index is 0.146. The van der Waals surface area contributed by atoms with Gasteiger partial charge in [-0.15, -0.1) is 0 Å². The maximum Gasteiger partial charge on any atom is 0.216 e. The molecule has 10 heteroatoms. The highest BCUT2D eigenvalue weighted by atomic mass is 35.6. The highest BCUT2D eigenvalue weighted by Crippen LogP contribution is 2.44. The van der Waals surface area contributed by atoms with E-state index in [0.29, 0.717) is 16.8 Å². The highest BCUT2D eigenvalue weighted by molar-refractivity contribution is 7.58. The largest absolute Gasteiger partial charge is 0.394 e. The Morgan fingerprint density at radius 1 is 1.24 bits per heavy atom. The number of benzene rings is 1. The third-order valence-corrected chi connectivity index (χ3v) is 3.64. The normalized spacial score (nSPS) is 11.4. The second kappa shape index (κ2) is 6.02. The van der Waals surface area contributed by atoms with Gasteiger partial charge in [-0.1, -0.05) is 60.0 Å². The number of hydrogen-bond acceptors (Lipinski definition) is 6. The predicted molar refractivity (Wildman–Crippen MR) is 90.2 cm³/mol. The van der Waals surface area contributed by atoms with Crippen molar-refractivity contribution in [2.24, 2.45) is 0 Å². The quantitative estimate of drug-likeness (QED) is 0.473. The SMILES string of the molecule is Nc1cnc(-c2ccc([N+](=S)[S-])cc2C(Cl)(Cl)Cl)nc1N. The van der Waals surface area contributed by atoms with Crippen LogP contribution < -0.4 is 11.5 Å². The molecule has 0 unspecified atom stereocenters. The van der Waals surface area contributed by atoms with Gasteiger partial charge in [0.25, 0.3) is 0 Å². The van der Waals surface area contributed by atoms with Crippen molar-refractivity contribution in [3.05, 3.63) is 30.0 Å². The molecule has 1 heterocycles. The van der Waals surface area contributed by atoms with E-state index in [9.17, 15) is 0 Å². The van der Waals surface area contributed by atoms with E-state index >= 15 is 0 Å². The molecule has 0 fully saturated rings. The van der Waals surface area contributed by atoms with Crippen molar-refractivity contribution in [1.29, 1.82) is 0 Å². The summed E-state index contributed by atoms with van der Waals surface area (Å²) in [6, 6.07) is 4.90. The van der Waals surface area contributed by atoms with Crippen LogP contribution in [0, 0.1) is 0 Å². The van der Waals surface area contributed by atoms with E-state index in [-0.39, 0.29) is 17.3 Å². The molecule has 0 bridgehead atoms. The zero-order valence-electron chi connectivity index (χ0n) is 10.3. The van der Waals surface area contributed by atoms with Gasteiger partial charge in [-0.25, -0.2) is 13.3 Å². The zero-order valence-corrected chi connectivity index (χ0v) is 14.2. The molecule has 0 spiro atoms. The maximum atomic E-state index is 5.99. The summed E-state index contributed by atoms with van der Waals surface area (Å²) in [4.78, 5) is 8.19. The summed E-state index contributed by atoms with van der Waals surface area (Å²) in [6.45, 7) is 0. The third kappa shape index (κ3) is 3.61. The van der Waals surface area contributed by atoms with Crippen LogP contribution in [0.2, 0.25) is 0 Å². The van der Waals surface area contributed by atoms with Gasteiger partial charge in [-0.3, -0.25) is 0 Å². The van der Waals surface area contributed by atoms with Crippen LogP contribution in [0.5, 0.6) is 0 Å². The third-order valence-electron chi connectivity index (χ3n) is 2.61. The van der Waals surface area contributed by atoms with Crippen molar-refractivity contribution in [3.63, 3.8) is 0 Å². The fraction of sp³-hybridized carbons (Fsp3) is 0.0909. The van der Waals surface area contributed by atoms with Crippen molar-refractivity contribution in [2.75, 3.05) is 11.5 Å². The number of nitrogen functional groups attached to an aromatic ring is 2. The summed E-state index contributed by atoms with van der Waals surface area (Å²) in [7, 11) is 0. The molecule has 0 amide bonds. The lowest BCUT2D eigenvalue weighted by atomic mass is 10.1. The van der Waals surface area contributed by atoms with Crippen LogP contribution in [0.4, 0.5) is 17.2 Å². The Morgan fingerprint density at radius 2 is 1.90 bits per heavy atom. The van der Waals surface area contributed by atoms with E-state index in [1.54, 1.807) is 18.2 Å². The summed E-state index contributed by atoms with van der Waals surface area (Å²) < 4.78 is -0.632. The molecule has 0 aliphatic carbocycles. The number of nitrogens with zero attached hydrogens (tertiary/aromatic N) is 3. The second-order valence-electron chi connectivity index (χ2n) is 4.02. The summed E-state index contributed by atoms with van der Waals surface area (Å²) >= 11 is 27.7. The Balaban J connectivity index is 2.67. The summed E-state index contributed by atoms with van der Waals surface area (Å²) in [5.41, 5.74) is 12.9. The first-order valence-corrected chi connectivity index (χ1v) is 7.30. The van der Waals surface area contributed by atoms with E-state index in [4.69, 9.17) is 71.5 Å². The molecule has 4 N–H and O–H groups in total. The first-order valence-electron chi connectivity index (χ1n) is 5.44. The lowest BCUT2D eigenvalue weighted by Gasteiger charge is -2.16. The predicted octanol–water partition coefficient (Wildman–Crippen LogP) is 2.97. The molecule has 21 heavy (non-hydrogen) atoms. The standard InChI is InChI=1S/C11H8Cl3N5S2/c12-11(13,14)7-3-5(19(20)21)1-2-6(7)10-17-4-8(15)9(16)18-10/h1-4H,15H2,(H2,16,17,18). The van der Waals surface area contributed by atoms with Gasteiger partial charge in [0, 0.05) is 23.3 Å². The van der Waals surface area contributed by atoms with E-state index < -0.39 is 3.79 Å². The topological polar surface area (TPSA) is 80.8 Å². The number of halogens is 3. The summed E-state index contributed by atoms with van der Waals surface area (Å²) in [6.07, 6.45) is 1.39. The van der Waals surface area contributed by atoms with Gasteiger partial charge in [0.05, 0.1) is 11.9 Å². The van der Waals surface area contributed by atoms with Crippen LogP contribution >= 0.6 is 34.8 Å².